The van der Waals surface area contributed by atoms with Crippen molar-refractivity contribution >= 4 is 0 Å². The molecule has 0 aliphatic rings. The summed E-state index contributed by atoms with van der Waals surface area (Å²) in [5, 5.41) is 9.00. The Bertz CT molecular complexity index is 327. The monoisotopic (exact) mass is 232 g/mol. The molecule has 0 aromatic heterocycles. The Hall–Kier alpha value is -1.03. The summed E-state index contributed by atoms with van der Waals surface area (Å²) in [5.41, 5.74) is 0.869. The molecule has 1 nitrogen and oxygen atoms in total. The average molecular weight is 232 g/mol. The molecule has 16 heavy (non-hydrogen) atoms. The van der Waals surface area contributed by atoms with Crippen molar-refractivity contribution in [2.45, 2.75) is 32.5 Å². The molecule has 0 fully saturated rings. The fraction of sp³-hybridized carbons (Fsp3) is 0.500. The lowest BCUT2D eigenvalue weighted by Crippen LogP contribution is -2.20. The molecule has 0 bridgehead atoms. The quantitative estimate of drug-likeness (QED) is 0.845. The van der Waals surface area contributed by atoms with Crippen LogP contribution in [0.25, 0.3) is 0 Å². The second kappa shape index (κ2) is 4.87. The van der Waals surface area contributed by atoms with E-state index in [1.165, 1.54) is 12.1 Å². The molecule has 1 rings (SSSR count). The van der Waals surface area contributed by atoms with Crippen LogP contribution in [0.5, 0.6) is 0 Å². The van der Waals surface area contributed by atoms with Crippen molar-refractivity contribution in [1.82, 2.24) is 0 Å². The Labute approximate surface area is 92.9 Å². The number of aliphatic hydroxyl groups excluding tert-OH is 1. The van der Waals surface area contributed by atoms with E-state index in [0.717, 1.165) is 12.0 Å². The highest BCUT2D eigenvalue weighted by atomic mass is 19.4. The van der Waals surface area contributed by atoms with Gasteiger partial charge in [-0.25, -0.2) is 0 Å². The Morgan fingerprint density at radius 1 is 1.12 bits per heavy atom. The first kappa shape index (κ1) is 13.0. The largest absolute Gasteiger partial charge is 0.418 e. The van der Waals surface area contributed by atoms with Gasteiger partial charge in [-0.1, -0.05) is 38.1 Å². The SMILES string of the molecule is CC(C)Cc1ccc([C@@H](O)C(F)(F)F)cc1. The normalized spacial score (nSPS) is 14.2. The van der Waals surface area contributed by atoms with Crippen LogP contribution in [0, 0.1) is 5.92 Å². The number of alkyl halides is 3. The zero-order valence-corrected chi connectivity index (χ0v) is 9.25. The third-order valence-corrected chi connectivity index (χ3v) is 2.25. The predicted octanol–water partition coefficient (Wildman–Crippen LogP) is 3.48. The molecule has 0 spiro atoms. The van der Waals surface area contributed by atoms with Gasteiger partial charge in [0.1, 0.15) is 0 Å². The van der Waals surface area contributed by atoms with Crippen LogP contribution in [0.3, 0.4) is 0 Å². The van der Waals surface area contributed by atoms with Crippen LogP contribution in [0.2, 0.25) is 0 Å². The average Bonchev–Trinajstić information content (AvgIpc) is 2.15. The molecular formula is C12H15F3O. The number of benzene rings is 1. The molecule has 1 aromatic rings. The van der Waals surface area contributed by atoms with Crippen LogP contribution < -0.4 is 0 Å². The van der Waals surface area contributed by atoms with Crippen LogP contribution >= 0.6 is 0 Å². The van der Waals surface area contributed by atoms with Gasteiger partial charge in [-0.2, -0.15) is 13.2 Å². The summed E-state index contributed by atoms with van der Waals surface area (Å²) in [5.74, 6) is 0.457. The van der Waals surface area contributed by atoms with Crippen molar-refractivity contribution in [1.29, 1.82) is 0 Å². The van der Waals surface area contributed by atoms with Gasteiger partial charge in [-0.3, -0.25) is 0 Å². The molecule has 1 N–H and O–H groups in total. The van der Waals surface area contributed by atoms with Crippen molar-refractivity contribution in [3.63, 3.8) is 0 Å². The maximum absolute atomic E-state index is 12.2. The van der Waals surface area contributed by atoms with E-state index >= 15 is 0 Å². The summed E-state index contributed by atoms with van der Waals surface area (Å²) in [6, 6.07) is 5.92. The lowest BCUT2D eigenvalue weighted by Gasteiger charge is -2.15. The summed E-state index contributed by atoms with van der Waals surface area (Å²) in [4.78, 5) is 0. The minimum atomic E-state index is -4.60. The topological polar surface area (TPSA) is 20.2 Å². The summed E-state index contributed by atoms with van der Waals surface area (Å²) >= 11 is 0. The van der Waals surface area contributed by atoms with E-state index in [9.17, 15) is 13.2 Å². The number of halogens is 3. The first-order chi connectivity index (χ1) is 7.30. The molecule has 0 heterocycles. The van der Waals surface area contributed by atoms with Gasteiger partial charge < -0.3 is 5.11 Å². The van der Waals surface area contributed by atoms with Crippen LogP contribution in [0.1, 0.15) is 31.1 Å². The number of hydrogen-bond donors (Lipinski definition) is 1. The van der Waals surface area contributed by atoms with Gasteiger partial charge in [-0.15, -0.1) is 0 Å². The Morgan fingerprint density at radius 3 is 2.00 bits per heavy atom. The van der Waals surface area contributed by atoms with Gasteiger partial charge in [0.05, 0.1) is 0 Å². The highest BCUT2D eigenvalue weighted by Gasteiger charge is 2.39. The Balaban J connectivity index is 2.79. The lowest BCUT2D eigenvalue weighted by atomic mass is 10.0. The predicted molar refractivity (Wildman–Crippen MR) is 56.0 cm³/mol. The number of hydrogen-bond acceptors (Lipinski definition) is 1. The van der Waals surface area contributed by atoms with Crippen LogP contribution in [0.15, 0.2) is 24.3 Å². The van der Waals surface area contributed by atoms with E-state index in [1.54, 1.807) is 12.1 Å². The molecule has 0 aliphatic carbocycles. The second-order valence-electron chi connectivity index (χ2n) is 4.28. The van der Waals surface area contributed by atoms with Crippen molar-refractivity contribution in [3.8, 4) is 0 Å². The number of rotatable bonds is 3. The maximum Gasteiger partial charge on any atom is 0.418 e. The molecular weight excluding hydrogens is 217 g/mol. The zero-order chi connectivity index (χ0) is 12.3. The Kier molecular flexibility index (Phi) is 3.97. The molecule has 0 aliphatic heterocycles. The van der Waals surface area contributed by atoms with Crippen LogP contribution in [0.4, 0.5) is 13.2 Å². The fourth-order valence-electron chi connectivity index (χ4n) is 1.50. The Morgan fingerprint density at radius 2 is 1.62 bits per heavy atom. The van der Waals surface area contributed by atoms with E-state index in [2.05, 4.69) is 0 Å². The fourth-order valence-corrected chi connectivity index (χ4v) is 1.50. The van der Waals surface area contributed by atoms with E-state index in [1.807, 2.05) is 13.8 Å². The minimum Gasteiger partial charge on any atom is -0.379 e. The lowest BCUT2D eigenvalue weighted by molar-refractivity contribution is -0.206. The maximum atomic E-state index is 12.2. The first-order valence-corrected chi connectivity index (χ1v) is 5.14. The first-order valence-electron chi connectivity index (χ1n) is 5.14. The van der Waals surface area contributed by atoms with Crippen LogP contribution in [-0.4, -0.2) is 11.3 Å². The molecule has 0 amide bonds. The molecule has 90 valence electrons. The van der Waals surface area contributed by atoms with E-state index in [-0.39, 0.29) is 5.56 Å². The van der Waals surface area contributed by atoms with Gasteiger partial charge in [0.15, 0.2) is 6.10 Å². The van der Waals surface area contributed by atoms with Gasteiger partial charge in [0, 0.05) is 0 Å². The summed E-state index contributed by atoms with van der Waals surface area (Å²) < 4.78 is 36.6. The van der Waals surface area contributed by atoms with E-state index in [4.69, 9.17) is 5.11 Å². The molecule has 0 radical (unpaired) electrons. The highest BCUT2D eigenvalue weighted by Crippen LogP contribution is 2.32. The van der Waals surface area contributed by atoms with Gasteiger partial charge in [-0.05, 0) is 23.5 Å². The standard InChI is InChI=1S/C12H15F3O/c1-8(2)7-9-3-5-10(6-4-9)11(16)12(13,14)15/h3-6,8,11,16H,7H2,1-2H3/t11-/m1/s1. The molecule has 0 saturated heterocycles. The smallest absolute Gasteiger partial charge is 0.379 e. The summed E-state index contributed by atoms with van der Waals surface area (Å²) in [6.45, 7) is 4.08. The molecule has 0 saturated carbocycles. The van der Waals surface area contributed by atoms with E-state index < -0.39 is 12.3 Å². The van der Waals surface area contributed by atoms with Crippen molar-refractivity contribution in [2.75, 3.05) is 0 Å². The van der Waals surface area contributed by atoms with Gasteiger partial charge in [0.25, 0.3) is 0 Å². The highest BCUT2D eigenvalue weighted by molar-refractivity contribution is 5.25. The molecule has 0 unspecified atom stereocenters. The molecule has 1 aromatic carbocycles. The zero-order valence-electron chi connectivity index (χ0n) is 9.25. The van der Waals surface area contributed by atoms with Crippen molar-refractivity contribution in [3.05, 3.63) is 35.4 Å². The second-order valence-corrected chi connectivity index (χ2v) is 4.28. The third kappa shape index (κ3) is 3.52. The summed E-state index contributed by atoms with van der Waals surface area (Å²) in [6.07, 6.45) is -6.16. The van der Waals surface area contributed by atoms with E-state index in [0.29, 0.717) is 5.92 Å². The van der Waals surface area contributed by atoms with Gasteiger partial charge in [0.2, 0.25) is 0 Å². The number of aliphatic hydroxyl groups is 1. The van der Waals surface area contributed by atoms with Gasteiger partial charge >= 0.3 is 6.18 Å². The van der Waals surface area contributed by atoms with Crippen molar-refractivity contribution < 1.29 is 18.3 Å². The molecule has 1 atom stereocenters. The minimum absolute atomic E-state index is 0.111. The third-order valence-electron chi connectivity index (χ3n) is 2.25. The van der Waals surface area contributed by atoms with Crippen molar-refractivity contribution in [2.24, 2.45) is 5.92 Å². The van der Waals surface area contributed by atoms with Crippen LogP contribution in [-0.2, 0) is 6.42 Å². The molecule has 4 heteroatoms. The summed E-state index contributed by atoms with van der Waals surface area (Å²) in [7, 11) is 0.